The van der Waals surface area contributed by atoms with Crippen molar-refractivity contribution in [2.45, 2.75) is 52.4 Å². The van der Waals surface area contributed by atoms with Crippen molar-refractivity contribution in [1.82, 2.24) is 9.55 Å². The Morgan fingerprint density at radius 2 is 1.31 bits per heavy atom. The van der Waals surface area contributed by atoms with Crippen molar-refractivity contribution in [2.24, 2.45) is 0 Å². The molecular formula is C33H33BrN2. The van der Waals surface area contributed by atoms with E-state index in [4.69, 9.17) is 4.98 Å². The third-order valence-corrected chi connectivity index (χ3v) is 7.23. The second-order valence-corrected chi connectivity index (χ2v) is 12.5. The third-order valence-electron chi connectivity index (χ3n) is 6.77. The van der Waals surface area contributed by atoms with E-state index in [2.05, 4.69) is 153 Å². The number of imidazole rings is 1. The summed E-state index contributed by atoms with van der Waals surface area (Å²) in [5, 5.41) is 0. The molecule has 4 aromatic carbocycles. The zero-order valence-corrected chi connectivity index (χ0v) is 23.5. The maximum atomic E-state index is 5.17. The molecule has 0 bridgehead atoms. The van der Waals surface area contributed by atoms with Crippen LogP contribution in [0, 0.1) is 0 Å². The number of para-hydroxylation sites is 2. The summed E-state index contributed by atoms with van der Waals surface area (Å²) >= 11 is 3.77. The number of rotatable bonds is 3. The molecule has 0 saturated carbocycles. The molecule has 3 heteroatoms. The van der Waals surface area contributed by atoms with Gasteiger partial charge in [0.25, 0.3) is 0 Å². The van der Waals surface area contributed by atoms with Gasteiger partial charge >= 0.3 is 0 Å². The Morgan fingerprint density at radius 1 is 0.639 bits per heavy atom. The van der Waals surface area contributed by atoms with Crippen LogP contribution >= 0.6 is 15.9 Å². The Labute approximate surface area is 223 Å². The molecule has 1 aromatic heterocycles. The van der Waals surface area contributed by atoms with Crippen LogP contribution < -0.4 is 0 Å². The van der Waals surface area contributed by atoms with E-state index in [0.29, 0.717) is 0 Å². The number of aromatic nitrogens is 2. The van der Waals surface area contributed by atoms with Crippen LogP contribution in [0.4, 0.5) is 0 Å². The highest BCUT2D eigenvalue weighted by atomic mass is 79.9. The molecule has 0 amide bonds. The van der Waals surface area contributed by atoms with Crippen molar-refractivity contribution in [1.29, 1.82) is 0 Å². The standard InChI is InChI=1S/C33H33BrN2/c1-32(2,3)24-16-17-29(27(21-24)22-12-8-7-9-13-22)36-30-15-11-10-14-28(30)35-31(36)23-18-25(33(4,5)6)20-26(34)19-23/h7-21H,1-6H3. The zero-order valence-electron chi connectivity index (χ0n) is 21.9. The summed E-state index contributed by atoms with van der Waals surface area (Å²) in [4.78, 5) is 5.17. The molecule has 182 valence electrons. The van der Waals surface area contributed by atoms with Crippen LogP contribution in [0.1, 0.15) is 52.7 Å². The van der Waals surface area contributed by atoms with Gasteiger partial charge in [-0.25, -0.2) is 4.98 Å². The van der Waals surface area contributed by atoms with Crippen molar-refractivity contribution in [3.8, 4) is 28.2 Å². The van der Waals surface area contributed by atoms with Crippen LogP contribution in [0.25, 0.3) is 39.2 Å². The Balaban J connectivity index is 1.85. The average molecular weight is 538 g/mol. The van der Waals surface area contributed by atoms with Gasteiger partial charge in [0.15, 0.2) is 0 Å². The summed E-state index contributed by atoms with van der Waals surface area (Å²) in [5.74, 6) is 0.948. The number of halogens is 1. The molecule has 0 fully saturated rings. The monoisotopic (exact) mass is 536 g/mol. The van der Waals surface area contributed by atoms with E-state index in [1.165, 1.54) is 22.3 Å². The van der Waals surface area contributed by atoms with Gasteiger partial charge in [-0.1, -0.05) is 106 Å². The van der Waals surface area contributed by atoms with Crippen molar-refractivity contribution in [3.63, 3.8) is 0 Å². The zero-order chi connectivity index (χ0) is 25.7. The largest absolute Gasteiger partial charge is 0.292 e. The molecule has 1 heterocycles. The fraction of sp³-hybridized carbons (Fsp3) is 0.242. The Hall–Kier alpha value is -3.17. The molecule has 5 rings (SSSR count). The summed E-state index contributed by atoms with van der Waals surface area (Å²) < 4.78 is 3.40. The first-order chi connectivity index (χ1) is 17.0. The van der Waals surface area contributed by atoms with Crippen LogP contribution in [0.5, 0.6) is 0 Å². The second-order valence-electron chi connectivity index (χ2n) is 11.6. The van der Waals surface area contributed by atoms with E-state index in [0.717, 1.165) is 32.6 Å². The smallest absolute Gasteiger partial charge is 0.145 e. The normalized spacial score (nSPS) is 12.3. The van der Waals surface area contributed by atoms with Gasteiger partial charge in [0.2, 0.25) is 0 Å². The fourth-order valence-corrected chi connectivity index (χ4v) is 5.15. The average Bonchev–Trinajstić information content (AvgIpc) is 3.22. The van der Waals surface area contributed by atoms with Gasteiger partial charge in [-0.15, -0.1) is 0 Å². The molecule has 0 aliphatic carbocycles. The van der Waals surface area contributed by atoms with Gasteiger partial charge < -0.3 is 0 Å². The van der Waals surface area contributed by atoms with Gasteiger partial charge in [-0.05, 0) is 70.0 Å². The van der Waals surface area contributed by atoms with E-state index in [9.17, 15) is 0 Å². The first kappa shape index (κ1) is 24.5. The SMILES string of the molecule is CC(C)(C)c1cc(Br)cc(-c2nc3ccccc3n2-c2ccc(C(C)(C)C)cc2-c2ccccc2)c1. The van der Waals surface area contributed by atoms with E-state index >= 15 is 0 Å². The van der Waals surface area contributed by atoms with Gasteiger partial charge in [0, 0.05) is 15.6 Å². The summed E-state index contributed by atoms with van der Waals surface area (Å²) in [5.41, 5.74) is 9.40. The molecule has 5 aromatic rings. The first-order valence-electron chi connectivity index (χ1n) is 12.5. The lowest BCUT2D eigenvalue weighted by atomic mass is 9.85. The van der Waals surface area contributed by atoms with Crippen LogP contribution in [0.15, 0.2) is 95.5 Å². The Kier molecular flexibility index (Phi) is 6.16. The fourth-order valence-electron chi connectivity index (χ4n) is 4.66. The van der Waals surface area contributed by atoms with E-state index in [-0.39, 0.29) is 10.8 Å². The van der Waals surface area contributed by atoms with Gasteiger partial charge in [0.1, 0.15) is 5.82 Å². The van der Waals surface area contributed by atoms with E-state index in [1.807, 2.05) is 0 Å². The highest BCUT2D eigenvalue weighted by Crippen LogP contribution is 2.38. The molecule has 0 N–H and O–H groups in total. The topological polar surface area (TPSA) is 17.8 Å². The van der Waals surface area contributed by atoms with Crippen molar-refractivity contribution in [2.75, 3.05) is 0 Å². The van der Waals surface area contributed by atoms with E-state index in [1.54, 1.807) is 0 Å². The minimum Gasteiger partial charge on any atom is -0.292 e. The van der Waals surface area contributed by atoms with E-state index < -0.39 is 0 Å². The summed E-state index contributed by atoms with van der Waals surface area (Å²) in [6.45, 7) is 13.6. The summed E-state index contributed by atoms with van der Waals surface area (Å²) in [6.07, 6.45) is 0. The minimum absolute atomic E-state index is 0.0267. The van der Waals surface area contributed by atoms with Crippen LogP contribution in [-0.4, -0.2) is 9.55 Å². The number of fused-ring (bicyclic) bond motifs is 1. The quantitative estimate of drug-likeness (QED) is 0.224. The molecule has 36 heavy (non-hydrogen) atoms. The molecule has 0 saturated heterocycles. The van der Waals surface area contributed by atoms with Crippen LogP contribution in [-0.2, 0) is 10.8 Å². The number of nitrogens with zero attached hydrogens (tertiary/aromatic N) is 2. The predicted molar refractivity (Wildman–Crippen MR) is 157 cm³/mol. The molecule has 0 aliphatic rings. The van der Waals surface area contributed by atoms with Crippen LogP contribution in [0.2, 0.25) is 0 Å². The maximum Gasteiger partial charge on any atom is 0.145 e. The van der Waals surface area contributed by atoms with Gasteiger partial charge in [0.05, 0.1) is 16.7 Å². The highest BCUT2D eigenvalue weighted by Gasteiger charge is 2.22. The van der Waals surface area contributed by atoms with Gasteiger partial charge in [-0.2, -0.15) is 0 Å². The molecule has 0 atom stereocenters. The molecule has 0 radical (unpaired) electrons. The molecule has 0 spiro atoms. The van der Waals surface area contributed by atoms with Crippen molar-refractivity contribution >= 4 is 27.0 Å². The van der Waals surface area contributed by atoms with Crippen molar-refractivity contribution < 1.29 is 0 Å². The van der Waals surface area contributed by atoms with Crippen molar-refractivity contribution in [3.05, 3.63) is 107 Å². The lowest BCUT2D eigenvalue weighted by Crippen LogP contribution is -2.12. The molecule has 0 unspecified atom stereocenters. The lowest BCUT2D eigenvalue weighted by molar-refractivity contribution is 0.590. The summed E-state index contributed by atoms with van der Waals surface area (Å²) in [6, 6.07) is 32.7. The summed E-state index contributed by atoms with van der Waals surface area (Å²) in [7, 11) is 0. The maximum absolute atomic E-state index is 5.17. The highest BCUT2D eigenvalue weighted by molar-refractivity contribution is 9.10. The van der Waals surface area contributed by atoms with Crippen LogP contribution in [0.3, 0.4) is 0 Å². The molecule has 2 nitrogen and oxygen atoms in total. The van der Waals surface area contributed by atoms with Gasteiger partial charge in [-0.3, -0.25) is 4.57 Å². The number of hydrogen-bond donors (Lipinski definition) is 0. The second kappa shape index (κ2) is 9.05. The Morgan fingerprint density at radius 3 is 2.00 bits per heavy atom. The molecule has 0 aliphatic heterocycles. The first-order valence-corrected chi connectivity index (χ1v) is 13.3. The Bertz CT molecular complexity index is 1550. The minimum atomic E-state index is 0.0267. The lowest BCUT2D eigenvalue weighted by Gasteiger charge is -2.23. The molecular weight excluding hydrogens is 504 g/mol. The number of hydrogen-bond acceptors (Lipinski definition) is 1. The number of benzene rings is 4. The predicted octanol–water partition coefficient (Wildman–Crippen LogP) is 9.72. The third kappa shape index (κ3) is 4.65.